The van der Waals surface area contributed by atoms with Gasteiger partial charge in [-0.2, -0.15) is 0 Å². The molecule has 0 spiro atoms. The maximum Gasteiger partial charge on any atom is 0.0476 e. The number of hydrogen-bond acceptors (Lipinski definition) is 3. The minimum atomic E-state index is 0.259. The summed E-state index contributed by atoms with van der Waals surface area (Å²) < 4.78 is 6.58. The van der Waals surface area contributed by atoms with Crippen molar-refractivity contribution in [3.63, 3.8) is 0 Å². The van der Waals surface area contributed by atoms with Gasteiger partial charge >= 0.3 is 0 Å². The third-order valence-electron chi connectivity index (χ3n) is 3.50. The first kappa shape index (κ1) is 15.4. The third-order valence-corrected chi connectivity index (χ3v) is 5.43. The number of hydrogen-bond donors (Lipinski definition) is 1. The summed E-state index contributed by atoms with van der Waals surface area (Å²) in [5.41, 5.74) is 7.49. The van der Waals surface area contributed by atoms with Crippen LogP contribution in [0.15, 0.2) is 27.6 Å². The number of benzene rings is 1. The van der Waals surface area contributed by atoms with E-state index in [0.29, 0.717) is 5.25 Å². The Hall–Kier alpha value is -0.0300. The fourth-order valence-electron chi connectivity index (χ4n) is 2.21. The molecule has 19 heavy (non-hydrogen) atoms. The quantitative estimate of drug-likeness (QED) is 0.877. The Bertz CT molecular complexity index is 407. The number of nitrogens with two attached hydrogens (primary N) is 1. The van der Waals surface area contributed by atoms with Crippen LogP contribution in [0.1, 0.15) is 31.7 Å². The van der Waals surface area contributed by atoms with E-state index in [1.165, 1.54) is 10.5 Å². The average molecular weight is 344 g/mol. The molecule has 1 atom stereocenters. The van der Waals surface area contributed by atoms with Crippen molar-refractivity contribution in [3.05, 3.63) is 28.2 Å². The fraction of sp³-hybridized carbons (Fsp3) is 0.600. The zero-order valence-electron chi connectivity index (χ0n) is 11.4. The Morgan fingerprint density at radius 1 is 1.42 bits per heavy atom. The third kappa shape index (κ3) is 4.78. The first-order valence-electron chi connectivity index (χ1n) is 6.97. The van der Waals surface area contributed by atoms with Crippen molar-refractivity contribution in [3.8, 4) is 0 Å². The SMILES string of the molecule is CCC(N)Cc1ccc(Br)cc1SC1CCOCC1. The molecule has 4 heteroatoms. The van der Waals surface area contributed by atoms with Crippen molar-refractivity contribution in [1.29, 1.82) is 0 Å². The monoisotopic (exact) mass is 343 g/mol. The molecule has 0 saturated carbocycles. The van der Waals surface area contributed by atoms with E-state index in [9.17, 15) is 0 Å². The molecule has 1 aliphatic rings. The highest BCUT2D eigenvalue weighted by molar-refractivity contribution is 9.10. The van der Waals surface area contributed by atoms with Crippen molar-refractivity contribution in [2.45, 2.75) is 48.8 Å². The average Bonchev–Trinajstić information content (AvgIpc) is 2.43. The van der Waals surface area contributed by atoms with Crippen LogP contribution in [0.2, 0.25) is 0 Å². The fourth-order valence-corrected chi connectivity index (χ4v) is 4.00. The molecule has 1 aliphatic heterocycles. The van der Waals surface area contributed by atoms with Gasteiger partial charge in [-0.3, -0.25) is 0 Å². The van der Waals surface area contributed by atoms with Crippen LogP contribution >= 0.6 is 27.7 Å². The summed E-state index contributed by atoms with van der Waals surface area (Å²) in [6.07, 6.45) is 4.29. The number of rotatable bonds is 5. The summed E-state index contributed by atoms with van der Waals surface area (Å²) >= 11 is 5.57. The van der Waals surface area contributed by atoms with E-state index in [2.05, 4.69) is 41.1 Å². The molecule has 1 unspecified atom stereocenters. The van der Waals surface area contributed by atoms with E-state index in [0.717, 1.165) is 43.4 Å². The van der Waals surface area contributed by atoms with E-state index < -0.39 is 0 Å². The highest BCUT2D eigenvalue weighted by Gasteiger charge is 2.17. The van der Waals surface area contributed by atoms with Crippen LogP contribution in [-0.4, -0.2) is 24.5 Å². The lowest BCUT2D eigenvalue weighted by molar-refractivity contribution is 0.1000. The molecule has 1 aromatic carbocycles. The molecule has 1 heterocycles. The van der Waals surface area contributed by atoms with E-state index in [1.807, 2.05) is 11.8 Å². The van der Waals surface area contributed by atoms with Crippen LogP contribution in [0.4, 0.5) is 0 Å². The van der Waals surface area contributed by atoms with Gasteiger partial charge in [-0.1, -0.05) is 28.9 Å². The number of ether oxygens (including phenoxy) is 1. The number of thioether (sulfide) groups is 1. The first-order valence-corrected chi connectivity index (χ1v) is 8.64. The minimum absolute atomic E-state index is 0.259. The van der Waals surface area contributed by atoms with Crippen LogP contribution < -0.4 is 5.73 Å². The summed E-state index contributed by atoms with van der Waals surface area (Å²) in [6, 6.07) is 6.82. The van der Waals surface area contributed by atoms with Crippen molar-refractivity contribution < 1.29 is 4.74 Å². The first-order chi connectivity index (χ1) is 9.19. The summed E-state index contributed by atoms with van der Waals surface area (Å²) in [4.78, 5) is 1.38. The van der Waals surface area contributed by atoms with Gasteiger partial charge in [-0.15, -0.1) is 11.8 Å². The second-order valence-corrected chi connectivity index (χ2v) is 7.31. The van der Waals surface area contributed by atoms with Crippen molar-refractivity contribution in [1.82, 2.24) is 0 Å². The van der Waals surface area contributed by atoms with E-state index >= 15 is 0 Å². The second kappa shape index (κ2) is 7.67. The molecule has 2 rings (SSSR count). The molecule has 2 nitrogen and oxygen atoms in total. The van der Waals surface area contributed by atoms with Gasteiger partial charge in [0, 0.05) is 33.9 Å². The van der Waals surface area contributed by atoms with E-state index in [1.54, 1.807) is 0 Å². The zero-order chi connectivity index (χ0) is 13.7. The maximum atomic E-state index is 6.10. The summed E-state index contributed by atoms with van der Waals surface area (Å²) in [5.74, 6) is 0. The molecular weight excluding hydrogens is 322 g/mol. The Balaban J connectivity index is 2.09. The standard InChI is InChI=1S/C15H22BrNOS/c1-2-13(17)9-11-3-4-12(16)10-15(11)19-14-5-7-18-8-6-14/h3-4,10,13-14H,2,5-9,17H2,1H3. The molecular formula is C15H22BrNOS. The van der Waals surface area contributed by atoms with Crippen LogP contribution in [0, 0.1) is 0 Å². The van der Waals surface area contributed by atoms with Gasteiger partial charge in [0.1, 0.15) is 0 Å². The number of halogens is 1. The molecule has 0 aromatic heterocycles. The van der Waals surface area contributed by atoms with Gasteiger partial charge in [0.2, 0.25) is 0 Å². The molecule has 0 radical (unpaired) electrons. The van der Waals surface area contributed by atoms with Crippen molar-refractivity contribution >= 4 is 27.7 Å². The summed E-state index contributed by atoms with van der Waals surface area (Å²) in [6.45, 7) is 3.94. The highest BCUT2D eigenvalue weighted by Crippen LogP contribution is 2.34. The smallest absolute Gasteiger partial charge is 0.0476 e. The van der Waals surface area contributed by atoms with Gasteiger partial charge in [-0.25, -0.2) is 0 Å². The molecule has 1 aromatic rings. The lowest BCUT2D eigenvalue weighted by Crippen LogP contribution is -2.22. The Labute approximate surface area is 128 Å². The van der Waals surface area contributed by atoms with Crippen LogP contribution in [0.3, 0.4) is 0 Å². The second-order valence-electron chi connectivity index (χ2n) is 5.05. The highest BCUT2D eigenvalue weighted by atomic mass is 79.9. The lowest BCUT2D eigenvalue weighted by atomic mass is 10.1. The predicted octanol–water partition coefficient (Wildman–Crippen LogP) is 4.00. The van der Waals surface area contributed by atoms with E-state index in [4.69, 9.17) is 10.5 Å². The van der Waals surface area contributed by atoms with Crippen LogP contribution in [0.25, 0.3) is 0 Å². The molecule has 1 saturated heterocycles. The largest absolute Gasteiger partial charge is 0.381 e. The Morgan fingerprint density at radius 2 is 2.16 bits per heavy atom. The Kier molecular flexibility index (Phi) is 6.20. The van der Waals surface area contributed by atoms with Crippen molar-refractivity contribution in [2.24, 2.45) is 5.73 Å². The molecule has 1 fully saturated rings. The molecule has 106 valence electrons. The summed E-state index contributed by atoms with van der Waals surface area (Å²) in [7, 11) is 0. The molecule has 0 aliphatic carbocycles. The predicted molar refractivity (Wildman–Crippen MR) is 85.8 cm³/mol. The van der Waals surface area contributed by atoms with Crippen LogP contribution in [0.5, 0.6) is 0 Å². The molecule has 0 amide bonds. The van der Waals surface area contributed by atoms with Crippen LogP contribution in [-0.2, 0) is 11.2 Å². The van der Waals surface area contributed by atoms with Gasteiger partial charge in [-0.05, 0) is 43.4 Å². The molecule has 2 N–H and O–H groups in total. The topological polar surface area (TPSA) is 35.2 Å². The van der Waals surface area contributed by atoms with Crippen molar-refractivity contribution in [2.75, 3.05) is 13.2 Å². The zero-order valence-corrected chi connectivity index (χ0v) is 13.8. The van der Waals surface area contributed by atoms with Gasteiger partial charge in [0.05, 0.1) is 0 Å². The van der Waals surface area contributed by atoms with Gasteiger partial charge in [0.15, 0.2) is 0 Å². The maximum absolute atomic E-state index is 6.10. The van der Waals surface area contributed by atoms with Gasteiger partial charge in [0.25, 0.3) is 0 Å². The molecule has 0 bridgehead atoms. The van der Waals surface area contributed by atoms with Gasteiger partial charge < -0.3 is 10.5 Å². The van der Waals surface area contributed by atoms with E-state index in [-0.39, 0.29) is 6.04 Å². The lowest BCUT2D eigenvalue weighted by Gasteiger charge is -2.23. The Morgan fingerprint density at radius 3 is 2.84 bits per heavy atom. The summed E-state index contributed by atoms with van der Waals surface area (Å²) in [5, 5.41) is 0.680. The normalized spacial score (nSPS) is 18.5. The minimum Gasteiger partial charge on any atom is -0.381 e.